The van der Waals surface area contributed by atoms with E-state index in [0.29, 0.717) is 0 Å². The fourth-order valence-corrected chi connectivity index (χ4v) is 1.50. The van der Waals surface area contributed by atoms with Gasteiger partial charge in [0.2, 0.25) is 0 Å². The Morgan fingerprint density at radius 2 is 1.36 bits per heavy atom. The Kier molecular flexibility index (Phi) is 15.3. The van der Waals surface area contributed by atoms with Crippen molar-refractivity contribution in [2.45, 2.75) is 80.1 Å². The van der Waals surface area contributed by atoms with Crippen LogP contribution in [0.5, 0.6) is 0 Å². The van der Waals surface area contributed by atoms with E-state index in [-0.39, 0.29) is 0 Å². The summed E-state index contributed by atoms with van der Waals surface area (Å²) in [7, 11) is 0. The second-order valence-electron chi connectivity index (χ2n) is 4.57. The summed E-state index contributed by atoms with van der Waals surface area (Å²) in [4.78, 5) is 0. The highest BCUT2D eigenvalue weighted by Crippen LogP contribution is 2.17. The predicted molar refractivity (Wildman–Crippen MR) is 68.7 cm³/mol. The fourth-order valence-electron chi connectivity index (χ4n) is 1.50. The molecule has 0 heteroatoms. The summed E-state index contributed by atoms with van der Waals surface area (Å²) in [5.74, 6) is 1.84. The minimum absolute atomic E-state index is 0.888. The molecule has 0 aromatic heterocycles. The van der Waals surface area contributed by atoms with Crippen molar-refractivity contribution >= 4 is 0 Å². The summed E-state index contributed by atoms with van der Waals surface area (Å²) < 4.78 is 0. The molecular formula is C14H32. The van der Waals surface area contributed by atoms with E-state index in [4.69, 9.17) is 0 Å². The van der Waals surface area contributed by atoms with Gasteiger partial charge in [0.1, 0.15) is 0 Å². The third-order valence-corrected chi connectivity index (χ3v) is 2.54. The monoisotopic (exact) mass is 200 g/mol. The van der Waals surface area contributed by atoms with Gasteiger partial charge in [-0.1, -0.05) is 80.1 Å². The molecule has 0 saturated heterocycles. The van der Waals surface area contributed by atoms with Gasteiger partial charge in [-0.15, -0.1) is 0 Å². The highest BCUT2D eigenvalue weighted by Gasteiger charge is 2.02. The molecule has 0 rings (SSSR count). The molecule has 0 N–H and O–H groups in total. The zero-order valence-corrected chi connectivity index (χ0v) is 11.4. The highest BCUT2D eigenvalue weighted by molar-refractivity contribution is 4.55. The van der Waals surface area contributed by atoms with Crippen LogP contribution in [0.4, 0.5) is 0 Å². The molecule has 0 aromatic rings. The SMILES string of the molecule is CC.CCCCCC(C)CCC(C)C. The minimum atomic E-state index is 0.888. The van der Waals surface area contributed by atoms with Crippen molar-refractivity contribution in [3.63, 3.8) is 0 Å². The van der Waals surface area contributed by atoms with Crippen LogP contribution in [0, 0.1) is 11.8 Å². The molecule has 0 aromatic carbocycles. The van der Waals surface area contributed by atoms with Crippen LogP contribution in [-0.4, -0.2) is 0 Å². The lowest BCUT2D eigenvalue weighted by Crippen LogP contribution is -1.97. The largest absolute Gasteiger partial charge is 0.0683 e. The minimum Gasteiger partial charge on any atom is -0.0683 e. The molecule has 88 valence electrons. The Morgan fingerprint density at radius 3 is 1.79 bits per heavy atom. The summed E-state index contributed by atoms with van der Waals surface area (Å²) in [5.41, 5.74) is 0. The standard InChI is InChI=1S/C12H26.C2H6/c1-5-6-7-8-12(4)10-9-11(2)3;1-2/h11-12H,5-10H2,1-4H3;1-2H3. The summed E-state index contributed by atoms with van der Waals surface area (Å²) in [5, 5.41) is 0. The van der Waals surface area contributed by atoms with Gasteiger partial charge in [-0.3, -0.25) is 0 Å². The first-order chi connectivity index (χ1) is 6.66. The molecule has 0 aliphatic rings. The Labute approximate surface area is 92.5 Å². The first-order valence-corrected chi connectivity index (χ1v) is 6.66. The maximum absolute atomic E-state index is 2.40. The van der Waals surface area contributed by atoms with Crippen molar-refractivity contribution < 1.29 is 0 Å². The third kappa shape index (κ3) is 14.5. The first-order valence-electron chi connectivity index (χ1n) is 6.66. The average molecular weight is 200 g/mol. The van der Waals surface area contributed by atoms with Gasteiger partial charge in [-0.2, -0.15) is 0 Å². The Bertz CT molecular complexity index is 84.0. The zero-order valence-electron chi connectivity index (χ0n) is 11.4. The topological polar surface area (TPSA) is 0 Å². The van der Waals surface area contributed by atoms with Crippen molar-refractivity contribution in [3.8, 4) is 0 Å². The summed E-state index contributed by atoms with van der Waals surface area (Å²) in [6.07, 6.45) is 8.51. The van der Waals surface area contributed by atoms with Gasteiger partial charge in [0.05, 0.1) is 0 Å². The van der Waals surface area contributed by atoms with Crippen molar-refractivity contribution in [3.05, 3.63) is 0 Å². The van der Waals surface area contributed by atoms with Crippen LogP contribution in [0.3, 0.4) is 0 Å². The van der Waals surface area contributed by atoms with E-state index >= 15 is 0 Å². The smallest absolute Gasteiger partial charge is 0.0443 e. The molecule has 0 aliphatic heterocycles. The Balaban J connectivity index is 0. The number of hydrogen-bond donors (Lipinski definition) is 0. The molecule has 0 aliphatic carbocycles. The number of hydrogen-bond acceptors (Lipinski definition) is 0. The van der Waals surface area contributed by atoms with Gasteiger partial charge in [-0.05, 0) is 11.8 Å². The molecule has 1 unspecified atom stereocenters. The van der Waals surface area contributed by atoms with Crippen LogP contribution >= 0.6 is 0 Å². The molecule has 0 heterocycles. The first kappa shape index (κ1) is 16.4. The van der Waals surface area contributed by atoms with Gasteiger partial charge in [0.25, 0.3) is 0 Å². The Morgan fingerprint density at radius 1 is 0.786 bits per heavy atom. The van der Waals surface area contributed by atoms with Gasteiger partial charge in [0, 0.05) is 0 Å². The van der Waals surface area contributed by atoms with E-state index in [2.05, 4.69) is 27.7 Å². The lowest BCUT2D eigenvalue weighted by molar-refractivity contribution is 0.413. The van der Waals surface area contributed by atoms with Crippen LogP contribution in [0.15, 0.2) is 0 Å². The van der Waals surface area contributed by atoms with Crippen LogP contribution < -0.4 is 0 Å². The second-order valence-corrected chi connectivity index (χ2v) is 4.57. The van der Waals surface area contributed by atoms with Crippen molar-refractivity contribution in [1.29, 1.82) is 0 Å². The van der Waals surface area contributed by atoms with Gasteiger partial charge in [0.15, 0.2) is 0 Å². The molecule has 0 bridgehead atoms. The van der Waals surface area contributed by atoms with Gasteiger partial charge in [-0.25, -0.2) is 0 Å². The van der Waals surface area contributed by atoms with E-state index < -0.39 is 0 Å². The van der Waals surface area contributed by atoms with Crippen LogP contribution in [0.2, 0.25) is 0 Å². The van der Waals surface area contributed by atoms with E-state index in [1.54, 1.807) is 0 Å². The van der Waals surface area contributed by atoms with E-state index in [1.165, 1.54) is 38.5 Å². The molecule has 14 heavy (non-hydrogen) atoms. The zero-order chi connectivity index (χ0) is 11.4. The molecule has 0 amide bonds. The van der Waals surface area contributed by atoms with Crippen LogP contribution in [0.25, 0.3) is 0 Å². The molecule has 0 spiro atoms. The number of unbranched alkanes of at least 4 members (excludes halogenated alkanes) is 2. The molecule has 0 radical (unpaired) electrons. The normalized spacial score (nSPS) is 12.2. The number of rotatable bonds is 7. The van der Waals surface area contributed by atoms with Gasteiger partial charge >= 0.3 is 0 Å². The quantitative estimate of drug-likeness (QED) is 0.465. The molecule has 0 nitrogen and oxygen atoms in total. The van der Waals surface area contributed by atoms with Crippen LogP contribution in [-0.2, 0) is 0 Å². The van der Waals surface area contributed by atoms with Crippen molar-refractivity contribution in [2.75, 3.05) is 0 Å². The molecular weight excluding hydrogens is 168 g/mol. The van der Waals surface area contributed by atoms with Gasteiger partial charge < -0.3 is 0 Å². The third-order valence-electron chi connectivity index (χ3n) is 2.54. The van der Waals surface area contributed by atoms with E-state index in [1.807, 2.05) is 13.8 Å². The van der Waals surface area contributed by atoms with Crippen LogP contribution in [0.1, 0.15) is 80.1 Å². The average Bonchev–Trinajstić information content (AvgIpc) is 2.18. The maximum atomic E-state index is 2.40. The molecule has 0 fully saturated rings. The molecule has 0 saturated carbocycles. The summed E-state index contributed by atoms with van der Waals surface area (Å²) in [6, 6.07) is 0. The summed E-state index contributed by atoms with van der Waals surface area (Å²) in [6.45, 7) is 13.3. The lowest BCUT2D eigenvalue weighted by atomic mass is 9.95. The van der Waals surface area contributed by atoms with E-state index in [0.717, 1.165) is 11.8 Å². The lowest BCUT2D eigenvalue weighted by Gasteiger charge is -2.12. The maximum Gasteiger partial charge on any atom is -0.0443 e. The highest BCUT2D eigenvalue weighted by atomic mass is 14.1. The fraction of sp³-hybridized carbons (Fsp3) is 1.00. The molecule has 1 atom stereocenters. The summed E-state index contributed by atoms with van der Waals surface area (Å²) >= 11 is 0. The second kappa shape index (κ2) is 13.0. The van der Waals surface area contributed by atoms with Crippen molar-refractivity contribution in [2.24, 2.45) is 11.8 Å². The van der Waals surface area contributed by atoms with Crippen molar-refractivity contribution in [1.82, 2.24) is 0 Å². The Hall–Kier alpha value is 0. The predicted octanol–water partition coefficient (Wildman–Crippen LogP) is 5.67. The van der Waals surface area contributed by atoms with E-state index in [9.17, 15) is 0 Å².